The molecule has 7 aromatic rings. The molecule has 124 valence electrons. The van der Waals surface area contributed by atoms with Crippen molar-refractivity contribution in [3.8, 4) is 0 Å². The molecule has 0 spiro atoms. The average molecular weight is 405 g/mol. The predicted octanol–water partition coefficient (Wildman–Crippen LogP) is 8.24. The van der Waals surface area contributed by atoms with Gasteiger partial charge in [-0.05, 0) is 82.8 Å². The van der Waals surface area contributed by atoms with Crippen molar-refractivity contribution in [1.82, 2.24) is 0 Å². The molecular weight excluding hydrogens is 392 g/mol. The fourth-order valence-electron chi connectivity index (χ4n) is 5.10. The van der Waals surface area contributed by atoms with Gasteiger partial charge in [-0.25, -0.2) is 0 Å². The van der Waals surface area contributed by atoms with Crippen molar-refractivity contribution in [1.29, 1.82) is 0 Å². The number of hydrogen-bond donors (Lipinski definition) is 0. The first-order chi connectivity index (χ1) is 13.3. The van der Waals surface area contributed by atoms with Crippen LogP contribution in [0, 0.1) is 0 Å². The first-order valence-corrected chi connectivity index (χ1v) is 10.0. The Labute approximate surface area is 163 Å². The molecular formula is C26H13Br. The third-order valence-corrected chi connectivity index (χ3v) is 6.90. The van der Waals surface area contributed by atoms with Gasteiger partial charge in [0.05, 0.1) is 0 Å². The average Bonchev–Trinajstić information content (AvgIpc) is 3.20. The Bertz CT molecular complexity index is 1590. The fraction of sp³-hybridized carbons (Fsp3) is 0. The molecule has 0 heterocycles. The second-order valence-electron chi connectivity index (χ2n) is 7.48. The molecule has 0 unspecified atom stereocenters. The molecule has 0 amide bonds. The third-order valence-electron chi connectivity index (χ3n) is 6.21. The van der Waals surface area contributed by atoms with Crippen LogP contribution in [-0.2, 0) is 0 Å². The van der Waals surface area contributed by atoms with E-state index in [0.29, 0.717) is 0 Å². The molecule has 7 aromatic carbocycles. The minimum absolute atomic E-state index is 1.17. The van der Waals surface area contributed by atoms with Gasteiger partial charge in [0.15, 0.2) is 0 Å². The summed E-state index contributed by atoms with van der Waals surface area (Å²) in [4.78, 5) is 0. The van der Waals surface area contributed by atoms with Crippen LogP contribution in [0.25, 0.3) is 64.6 Å². The van der Waals surface area contributed by atoms with Gasteiger partial charge in [-0.1, -0.05) is 76.6 Å². The van der Waals surface area contributed by atoms with Crippen LogP contribution >= 0.6 is 15.9 Å². The molecule has 0 fully saturated rings. The molecule has 0 aliphatic rings. The van der Waals surface area contributed by atoms with E-state index in [1.807, 2.05) is 0 Å². The summed E-state index contributed by atoms with van der Waals surface area (Å²) in [6.07, 6.45) is 0. The summed E-state index contributed by atoms with van der Waals surface area (Å²) in [7, 11) is 0. The van der Waals surface area contributed by atoms with Crippen molar-refractivity contribution < 1.29 is 0 Å². The van der Waals surface area contributed by atoms with E-state index in [2.05, 4.69) is 94.8 Å². The Kier molecular flexibility index (Phi) is 2.46. The van der Waals surface area contributed by atoms with Crippen molar-refractivity contribution >= 4 is 80.6 Å². The van der Waals surface area contributed by atoms with E-state index in [4.69, 9.17) is 0 Å². The molecule has 0 radical (unpaired) electrons. The number of benzene rings is 5. The van der Waals surface area contributed by atoms with E-state index in [-0.39, 0.29) is 0 Å². The normalized spacial score (nSPS) is 12.6. The number of halogens is 1. The number of hydrogen-bond acceptors (Lipinski definition) is 0. The van der Waals surface area contributed by atoms with Crippen LogP contribution in [0.4, 0.5) is 0 Å². The molecule has 0 bridgehead atoms. The molecule has 0 aliphatic carbocycles. The van der Waals surface area contributed by atoms with E-state index in [1.165, 1.54) is 69.1 Å². The zero-order chi connectivity index (χ0) is 17.7. The van der Waals surface area contributed by atoms with Gasteiger partial charge >= 0.3 is 0 Å². The zero-order valence-electron chi connectivity index (χ0n) is 14.4. The maximum absolute atomic E-state index is 3.73. The summed E-state index contributed by atoms with van der Waals surface area (Å²) in [5.41, 5.74) is 0. The van der Waals surface area contributed by atoms with Crippen LogP contribution in [0.1, 0.15) is 0 Å². The molecule has 0 saturated heterocycles. The van der Waals surface area contributed by atoms with Gasteiger partial charge < -0.3 is 0 Å². The summed E-state index contributed by atoms with van der Waals surface area (Å²) >= 11 is 3.73. The van der Waals surface area contributed by atoms with Gasteiger partial charge in [0.2, 0.25) is 0 Å². The largest absolute Gasteiger partial charge is 0.0610 e. The first-order valence-electron chi connectivity index (χ1n) is 9.24. The quantitative estimate of drug-likeness (QED) is 0.238. The van der Waals surface area contributed by atoms with Crippen molar-refractivity contribution in [3.63, 3.8) is 0 Å². The van der Waals surface area contributed by atoms with Gasteiger partial charge in [-0.15, -0.1) is 0 Å². The Morgan fingerprint density at radius 3 is 1.52 bits per heavy atom. The molecule has 27 heavy (non-hydrogen) atoms. The summed E-state index contributed by atoms with van der Waals surface area (Å²) < 4.78 is 1.17. The second kappa shape index (κ2) is 4.68. The maximum Gasteiger partial charge on any atom is 0.0254 e. The van der Waals surface area contributed by atoms with Gasteiger partial charge in [0.25, 0.3) is 0 Å². The molecule has 0 N–H and O–H groups in total. The molecule has 7 rings (SSSR count). The van der Waals surface area contributed by atoms with E-state index < -0.39 is 0 Å². The lowest BCUT2D eigenvalue weighted by Gasteiger charge is -2.01. The van der Waals surface area contributed by atoms with E-state index in [9.17, 15) is 0 Å². The monoisotopic (exact) mass is 404 g/mol. The summed E-state index contributed by atoms with van der Waals surface area (Å²) in [5.74, 6) is 0. The molecule has 0 aliphatic heterocycles. The van der Waals surface area contributed by atoms with Crippen LogP contribution in [0.5, 0.6) is 0 Å². The number of rotatable bonds is 0. The molecule has 0 nitrogen and oxygen atoms in total. The topological polar surface area (TPSA) is 0 Å². The molecule has 0 saturated carbocycles. The summed E-state index contributed by atoms with van der Waals surface area (Å²) in [5, 5.41) is 16.3. The lowest BCUT2D eigenvalue weighted by atomic mass is 10.1. The predicted molar refractivity (Wildman–Crippen MR) is 122 cm³/mol. The Morgan fingerprint density at radius 1 is 0.407 bits per heavy atom. The SMILES string of the molecule is Brc1ccc2c3cc4c(cc3c3cccc1c32)c1cccc2cccc4c21. The molecule has 0 atom stereocenters. The van der Waals surface area contributed by atoms with Crippen LogP contribution in [0.3, 0.4) is 0 Å². The van der Waals surface area contributed by atoms with Gasteiger partial charge in [-0.3, -0.25) is 0 Å². The van der Waals surface area contributed by atoms with Crippen LogP contribution in [-0.4, -0.2) is 0 Å². The molecule has 0 aromatic heterocycles. The van der Waals surface area contributed by atoms with Crippen LogP contribution < -0.4 is 0 Å². The third kappa shape index (κ3) is 1.60. The van der Waals surface area contributed by atoms with Crippen LogP contribution in [0.2, 0.25) is 0 Å². The minimum Gasteiger partial charge on any atom is -0.0610 e. The van der Waals surface area contributed by atoms with Crippen LogP contribution in [0.15, 0.2) is 83.3 Å². The van der Waals surface area contributed by atoms with E-state index in [0.717, 1.165) is 0 Å². The zero-order valence-corrected chi connectivity index (χ0v) is 16.0. The van der Waals surface area contributed by atoms with Gasteiger partial charge in [0.1, 0.15) is 0 Å². The number of fused-ring (bicyclic) bond motifs is 6. The maximum atomic E-state index is 3.73. The Balaban J connectivity index is 1.83. The summed E-state index contributed by atoms with van der Waals surface area (Å²) in [6, 6.07) is 29.2. The van der Waals surface area contributed by atoms with Crippen molar-refractivity contribution in [2.24, 2.45) is 0 Å². The molecule has 1 heteroatoms. The second-order valence-corrected chi connectivity index (χ2v) is 8.33. The lowest BCUT2D eigenvalue weighted by molar-refractivity contribution is 1.79. The highest BCUT2D eigenvalue weighted by Crippen LogP contribution is 2.45. The van der Waals surface area contributed by atoms with Crippen molar-refractivity contribution in [3.05, 3.63) is 83.3 Å². The first kappa shape index (κ1) is 14.2. The highest BCUT2D eigenvalue weighted by atomic mass is 79.9. The van der Waals surface area contributed by atoms with E-state index >= 15 is 0 Å². The minimum atomic E-state index is 1.17. The fourth-order valence-corrected chi connectivity index (χ4v) is 5.56. The van der Waals surface area contributed by atoms with Crippen molar-refractivity contribution in [2.45, 2.75) is 0 Å². The standard InChI is InChI=1S/C26H13Br/c27-24-11-10-18-23-13-21-16-7-2-5-14-4-1-6-15(25(14)16)20(21)12-22(23)17-8-3-9-19(24)26(17)18/h1-13H. The smallest absolute Gasteiger partial charge is 0.0254 e. The Hall–Kier alpha value is -2.90. The van der Waals surface area contributed by atoms with Gasteiger partial charge in [0, 0.05) is 4.47 Å². The highest BCUT2D eigenvalue weighted by Gasteiger charge is 2.17. The van der Waals surface area contributed by atoms with Gasteiger partial charge in [-0.2, -0.15) is 0 Å². The lowest BCUT2D eigenvalue weighted by Crippen LogP contribution is -1.73. The Morgan fingerprint density at radius 2 is 0.889 bits per heavy atom. The van der Waals surface area contributed by atoms with E-state index in [1.54, 1.807) is 0 Å². The van der Waals surface area contributed by atoms with Crippen molar-refractivity contribution in [2.75, 3.05) is 0 Å². The highest BCUT2D eigenvalue weighted by molar-refractivity contribution is 9.10. The summed E-state index contributed by atoms with van der Waals surface area (Å²) in [6.45, 7) is 0.